The van der Waals surface area contributed by atoms with Crippen LogP contribution in [-0.4, -0.2) is 11.1 Å². The molecule has 5 heteroatoms. The molecule has 0 aliphatic carbocycles. The van der Waals surface area contributed by atoms with Gasteiger partial charge >= 0.3 is 5.97 Å². The van der Waals surface area contributed by atoms with Gasteiger partial charge in [-0.1, -0.05) is 23.7 Å². The van der Waals surface area contributed by atoms with Crippen LogP contribution in [0.15, 0.2) is 47.4 Å². The van der Waals surface area contributed by atoms with Crippen molar-refractivity contribution in [2.45, 2.75) is 10.6 Å². The third-order valence-corrected chi connectivity index (χ3v) is 3.92. The minimum atomic E-state index is -0.922. The molecule has 0 heterocycles. The lowest BCUT2D eigenvalue weighted by molar-refractivity contribution is 0.0697. The molecule has 0 aliphatic rings. The SMILES string of the molecule is Nc1ccc(Cl)cc1SCc1cccc(C(=O)O)c1. The van der Waals surface area contributed by atoms with Gasteiger partial charge in [-0.15, -0.1) is 11.8 Å². The Morgan fingerprint density at radius 2 is 2.05 bits per heavy atom. The quantitative estimate of drug-likeness (QED) is 0.662. The van der Waals surface area contributed by atoms with Crippen LogP contribution in [0.5, 0.6) is 0 Å². The summed E-state index contributed by atoms with van der Waals surface area (Å²) in [4.78, 5) is 11.8. The maximum atomic E-state index is 10.9. The van der Waals surface area contributed by atoms with Gasteiger partial charge in [-0.2, -0.15) is 0 Å². The van der Waals surface area contributed by atoms with Crippen molar-refractivity contribution in [2.24, 2.45) is 0 Å². The van der Waals surface area contributed by atoms with Crippen LogP contribution in [0.3, 0.4) is 0 Å². The summed E-state index contributed by atoms with van der Waals surface area (Å²) in [5, 5.41) is 9.57. The number of halogens is 1. The Kier molecular flexibility index (Phi) is 4.35. The average Bonchev–Trinajstić information content (AvgIpc) is 2.40. The Morgan fingerprint density at radius 3 is 2.79 bits per heavy atom. The second kappa shape index (κ2) is 5.99. The molecule has 0 aliphatic heterocycles. The monoisotopic (exact) mass is 293 g/mol. The Labute approximate surface area is 120 Å². The number of anilines is 1. The lowest BCUT2D eigenvalue weighted by Crippen LogP contribution is -1.96. The normalized spacial score (nSPS) is 10.4. The maximum Gasteiger partial charge on any atom is 0.335 e. The smallest absolute Gasteiger partial charge is 0.335 e. The van der Waals surface area contributed by atoms with Gasteiger partial charge in [0.05, 0.1) is 5.56 Å². The molecule has 2 rings (SSSR count). The first-order valence-corrected chi connectivity index (χ1v) is 6.92. The number of rotatable bonds is 4. The lowest BCUT2D eigenvalue weighted by Gasteiger charge is -2.06. The van der Waals surface area contributed by atoms with Gasteiger partial charge in [0.25, 0.3) is 0 Å². The largest absolute Gasteiger partial charge is 0.478 e. The molecule has 3 N–H and O–H groups in total. The first kappa shape index (κ1) is 13.8. The summed E-state index contributed by atoms with van der Waals surface area (Å²) in [6.45, 7) is 0. The lowest BCUT2D eigenvalue weighted by atomic mass is 10.1. The van der Waals surface area contributed by atoms with Gasteiger partial charge in [-0.25, -0.2) is 4.79 Å². The molecule has 2 aromatic carbocycles. The molecule has 0 aromatic heterocycles. The van der Waals surface area contributed by atoms with E-state index in [4.69, 9.17) is 22.4 Å². The number of carbonyl (C=O) groups is 1. The second-order valence-corrected chi connectivity index (χ2v) is 5.43. The number of nitrogen functional groups attached to an aromatic ring is 1. The molecule has 0 saturated heterocycles. The molecular weight excluding hydrogens is 282 g/mol. The maximum absolute atomic E-state index is 10.9. The Balaban J connectivity index is 2.12. The van der Waals surface area contributed by atoms with Crippen molar-refractivity contribution in [3.8, 4) is 0 Å². The van der Waals surface area contributed by atoms with Crippen LogP contribution in [0, 0.1) is 0 Å². The molecule has 0 unspecified atom stereocenters. The average molecular weight is 294 g/mol. The first-order valence-electron chi connectivity index (χ1n) is 5.56. The Hall–Kier alpha value is -1.65. The van der Waals surface area contributed by atoms with Crippen LogP contribution in [0.2, 0.25) is 5.02 Å². The zero-order chi connectivity index (χ0) is 13.8. The van der Waals surface area contributed by atoms with E-state index in [-0.39, 0.29) is 5.56 Å². The van der Waals surface area contributed by atoms with Crippen LogP contribution in [-0.2, 0) is 5.75 Å². The van der Waals surface area contributed by atoms with Crippen molar-refractivity contribution in [1.82, 2.24) is 0 Å². The van der Waals surface area contributed by atoms with E-state index in [1.807, 2.05) is 12.1 Å². The Morgan fingerprint density at radius 1 is 1.26 bits per heavy atom. The van der Waals surface area contributed by atoms with Gasteiger partial charge in [0, 0.05) is 21.4 Å². The van der Waals surface area contributed by atoms with Crippen LogP contribution in [0.4, 0.5) is 5.69 Å². The molecule has 3 nitrogen and oxygen atoms in total. The van der Waals surface area contributed by atoms with E-state index < -0.39 is 5.97 Å². The topological polar surface area (TPSA) is 63.3 Å². The Bertz CT molecular complexity index is 616. The third-order valence-electron chi connectivity index (χ3n) is 2.54. The highest BCUT2D eigenvalue weighted by Gasteiger charge is 2.05. The zero-order valence-electron chi connectivity index (χ0n) is 9.97. The molecule has 0 amide bonds. The summed E-state index contributed by atoms with van der Waals surface area (Å²) in [5.74, 6) is -0.278. The van der Waals surface area contributed by atoms with Crippen molar-refractivity contribution in [1.29, 1.82) is 0 Å². The van der Waals surface area contributed by atoms with Crippen molar-refractivity contribution < 1.29 is 9.90 Å². The molecule has 0 bridgehead atoms. The van der Waals surface area contributed by atoms with E-state index in [0.717, 1.165) is 10.5 Å². The van der Waals surface area contributed by atoms with Crippen molar-refractivity contribution in [3.63, 3.8) is 0 Å². The van der Waals surface area contributed by atoms with E-state index in [1.54, 1.807) is 30.3 Å². The second-order valence-electron chi connectivity index (χ2n) is 3.98. The first-order chi connectivity index (χ1) is 9.06. The zero-order valence-corrected chi connectivity index (χ0v) is 11.5. The van der Waals surface area contributed by atoms with Crippen LogP contribution >= 0.6 is 23.4 Å². The predicted octanol–water partition coefficient (Wildman–Crippen LogP) is 3.91. The number of hydrogen-bond donors (Lipinski definition) is 2. The van der Waals surface area contributed by atoms with E-state index in [2.05, 4.69) is 0 Å². The fourth-order valence-electron chi connectivity index (χ4n) is 1.59. The molecule has 0 saturated carbocycles. The minimum Gasteiger partial charge on any atom is -0.478 e. The van der Waals surface area contributed by atoms with Gasteiger partial charge in [-0.3, -0.25) is 0 Å². The van der Waals surface area contributed by atoms with E-state index in [0.29, 0.717) is 16.5 Å². The summed E-state index contributed by atoms with van der Waals surface area (Å²) < 4.78 is 0. The van der Waals surface area contributed by atoms with Crippen LogP contribution < -0.4 is 5.73 Å². The van der Waals surface area contributed by atoms with Gasteiger partial charge in [0.2, 0.25) is 0 Å². The molecule has 0 spiro atoms. The highest BCUT2D eigenvalue weighted by molar-refractivity contribution is 7.98. The van der Waals surface area contributed by atoms with Crippen LogP contribution in [0.25, 0.3) is 0 Å². The van der Waals surface area contributed by atoms with Crippen molar-refractivity contribution >= 4 is 35.0 Å². The van der Waals surface area contributed by atoms with E-state index >= 15 is 0 Å². The number of thioether (sulfide) groups is 1. The van der Waals surface area contributed by atoms with Gasteiger partial charge in [0.15, 0.2) is 0 Å². The molecule has 0 radical (unpaired) electrons. The number of nitrogens with two attached hydrogens (primary N) is 1. The fraction of sp³-hybridized carbons (Fsp3) is 0.0714. The summed E-state index contributed by atoms with van der Waals surface area (Å²) >= 11 is 7.45. The van der Waals surface area contributed by atoms with Crippen molar-refractivity contribution in [3.05, 3.63) is 58.6 Å². The van der Waals surface area contributed by atoms with Crippen molar-refractivity contribution in [2.75, 3.05) is 5.73 Å². The van der Waals surface area contributed by atoms with E-state index in [1.165, 1.54) is 11.8 Å². The number of hydrogen-bond acceptors (Lipinski definition) is 3. The molecule has 2 aromatic rings. The highest BCUT2D eigenvalue weighted by atomic mass is 35.5. The molecule has 0 fully saturated rings. The molecule has 98 valence electrons. The fourth-order valence-corrected chi connectivity index (χ4v) is 2.77. The summed E-state index contributed by atoms with van der Waals surface area (Å²) in [6.07, 6.45) is 0. The number of benzene rings is 2. The molecule has 19 heavy (non-hydrogen) atoms. The minimum absolute atomic E-state index is 0.289. The number of carboxylic acid groups (broad SMARTS) is 1. The highest BCUT2D eigenvalue weighted by Crippen LogP contribution is 2.30. The third kappa shape index (κ3) is 3.66. The predicted molar refractivity (Wildman–Crippen MR) is 78.8 cm³/mol. The van der Waals surface area contributed by atoms with Gasteiger partial charge < -0.3 is 10.8 Å². The number of carboxylic acids is 1. The van der Waals surface area contributed by atoms with Gasteiger partial charge in [-0.05, 0) is 35.9 Å². The summed E-state index contributed by atoms with van der Waals surface area (Å²) in [7, 11) is 0. The van der Waals surface area contributed by atoms with E-state index in [9.17, 15) is 4.79 Å². The molecular formula is C14H12ClNO2S. The standard InChI is InChI=1S/C14H12ClNO2S/c15-11-4-5-12(16)13(7-11)19-8-9-2-1-3-10(6-9)14(17)18/h1-7H,8,16H2,(H,17,18). The summed E-state index contributed by atoms with van der Waals surface area (Å²) in [5.41, 5.74) is 7.75. The number of aromatic carboxylic acids is 1. The van der Waals surface area contributed by atoms with Gasteiger partial charge in [0.1, 0.15) is 0 Å². The molecule has 0 atom stereocenters. The van der Waals surface area contributed by atoms with Crippen LogP contribution in [0.1, 0.15) is 15.9 Å². The summed E-state index contributed by atoms with van der Waals surface area (Å²) in [6, 6.07) is 12.2.